The van der Waals surface area contributed by atoms with Gasteiger partial charge in [-0.05, 0) is 42.8 Å². The summed E-state index contributed by atoms with van der Waals surface area (Å²) < 4.78 is 6.44. The number of hydrazine groups is 1. The molecule has 4 nitrogen and oxygen atoms in total. The highest BCUT2D eigenvalue weighted by Gasteiger charge is 2.12. The number of nitrogens with one attached hydrogen (secondary N) is 1. The lowest BCUT2D eigenvalue weighted by Gasteiger charge is -2.02. The Morgan fingerprint density at radius 3 is 2.76 bits per heavy atom. The van der Waals surface area contributed by atoms with Crippen LogP contribution >= 0.6 is 15.9 Å². The Hall–Kier alpha value is -1.59. The van der Waals surface area contributed by atoms with Gasteiger partial charge in [0.25, 0.3) is 0 Å². The molecule has 0 bridgehead atoms. The van der Waals surface area contributed by atoms with E-state index in [0.717, 1.165) is 15.6 Å². The summed E-state index contributed by atoms with van der Waals surface area (Å²) in [5, 5.41) is 0. The van der Waals surface area contributed by atoms with Gasteiger partial charge in [0.05, 0.1) is 0 Å². The predicted octanol–water partition coefficient (Wildman–Crippen LogP) is 2.62. The first-order chi connectivity index (χ1) is 8.11. The van der Waals surface area contributed by atoms with Gasteiger partial charge >= 0.3 is 5.91 Å². The van der Waals surface area contributed by atoms with Crippen molar-refractivity contribution in [2.24, 2.45) is 5.84 Å². The van der Waals surface area contributed by atoms with Crippen molar-refractivity contribution in [2.75, 3.05) is 0 Å². The second-order valence-corrected chi connectivity index (χ2v) is 4.51. The van der Waals surface area contributed by atoms with Crippen molar-refractivity contribution >= 4 is 21.8 Å². The molecule has 2 rings (SSSR count). The van der Waals surface area contributed by atoms with Gasteiger partial charge < -0.3 is 4.42 Å². The lowest BCUT2D eigenvalue weighted by atomic mass is 10.1. The average Bonchev–Trinajstić information content (AvgIpc) is 2.77. The Morgan fingerprint density at radius 2 is 2.12 bits per heavy atom. The molecule has 3 N–H and O–H groups in total. The van der Waals surface area contributed by atoms with E-state index in [1.165, 1.54) is 0 Å². The fourth-order valence-electron chi connectivity index (χ4n) is 1.58. The third-order valence-electron chi connectivity index (χ3n) is 2.41. The van der Waals surface area contributed by atoms with E-state index in [1.54, 1.807) is 12.1 Å². The zero-order valence-corrected chi connectivity index (χ0v) is 10.7. The number of furan rings is 1. The lowest BCUT2D eigenvalue weighted by molar-refractivity contribution is 0.0927. The maximum Gasteiger partial charge on any atom is 0.300 e. The van der Waals surface area contributed by atoms with Gasteiger partial charge in [-0.2, -0.15) is 0 Å². The van der Waals surface area contributed by atoms with Crippen LogP contribution in [0.2, 0.25) is 0 Å². The van der Waals surface area contributed by atoms with E-state index in [4.69, 9.17) is 10.3 Å². The van der Waals surface area contributed by atoms with E-state index < -0.39 is 5.91 Å². The van der Waals surface area contributed by atoms with Crippen molar-refractivity contribution in [1.82, 2.24) is 5.43 Å². The minimum atomic E-state index is -0.439. The van der Waals surface area contributed by atoms with Gasteiger partial charge in [0.2, 0.25) is 0 Å². The smallest absolute Gasteiger partial charge is 0.300 e. The molecule has 17 heavy (non-hydrogen) atoms. The Balaban J connectivity index is 2.40. The first-order valence-corrected chi connectivity index (χ1v) is 5.78. The summed E-state index contributed by atoms with van der Waals surface area (Å²) in [4.78, 5) is 11.3. The van der Waals surface area contributed by atoms with E-state index in [-0.39, 0.29) is 5.76 Å². The topological polar surface area (TPSA) is 68.3 Å². The lowest BCUT2D eigenvalue weighted by Crippen LogP contribution is -2.29. The van der Waals surface area contributed by atoms with Crippen LogP contribution in [0.4, 0.5) is 0 Å². The molecule has 0 fully saturated rings. The zero-order valence-electron chi connectivity index (χ0n) is 9.16. The van der Waals surface area contributed by atoms with Gasteiger partial charge in [-0.25, -0.2) is 5.84 Å². The molecule has 88 valence electrons. The average molecular weight is 295 g/mol. The van der Waals surface area contributed by atoms with Crippen molar-refractivity contribution in [2.45, 2.75) is 6.92 Å². The number of carbonyl (C=O) groups excluding carboxylic acids is 1. The van der Waals surface area contributed by atoms with Gasteiger partial charge in [-0.3, -0.25) is 10.2 Å². The van der Waals surface area contributed by atoms with E-state index in [1.807, 2.05) is 30.5 Å². The van der Waals surface area contributed by atoms with Crippen LogP contribution in [0.1, 0.15) is 16.1 Å². The Labute approximate surface area is 107 Å². The quantitative estimate of drug-likeness (QED) is 0.508. The van der Waals surface area contributed by atoms with Crippen molar-refractivity contribution in [3.63, 3.8) is 0 Å². The molecular weight excluding hydrogens is 284 g/mol. The minimum Gasteiger partial charge on any atom is -0.451 e. The number of hydrogen-bond donors (Lipinski definition) is 2. The number of benzene rings is 1. The van der Waals surface area contributed by atoms with Crippen molar-refractivity contribution in [1.29, 1.82) is 0 Å². The molecule has 0 aliphatic heterocycles. The van der Waals surface area contributed by atoms with Crippen LogP contribution in [0.5, 0.6) is 0 Å². The van der Waals surface area contributed by atoms with Crippen LogP contribution in [-0.4, -0.2) is 5.91 Å². The van der Waals surface area contributed by atoms with Crippen LogP contribution in [-0.2, 0) is 0 Å². The number of nitrogen functional groups attached to an aromatic ring is 1. The van der Waals surface area contributed by atoms with Crippen molar-refractivity contribution in [3.8, 4) is 11.3 Å². The summed E-state index contributed by atoms with van der Waals surface area (Å²) in [6, 6.07) is 9.19. The fourth-order valence-corrected chi connectivity index (χ4v) is 2.05. The SMILES string of the molecule is Cc1cc(Br)ccc1-c1ccc(C(=O)NN)o1. The van der Waals surface area contributed by atoms with Gasteiger partial charge in [-0.15, -0.1) is 0 Å². The number of hydrogen-bond acceptors (Lipinski definition) is 3. The fraction of sp³-hybridized carbons (Fsp3) is 0.0833. The molecule has 0 atom stereocenters. The summed E-state index contributed by atoms with van der Waals surface area (Å²) in [7, 11) is 0. The van der Waals surface area contributed by atoms with Crippen LogP contribution in [0.3, 0.4) is 0 Å². The van der Waals surface area contributed by atoms with Crippen LogP contribution < -0.4 is 11.3 Å². The predicted molar refractivity (Wildman–Crippen MR) is 68.2 cm³/mol. The first-order valence-electron chi connectivity index (χ1n) is 4.99. The Morgan fingerprint density at radius 1 is 1.35 bits per heavy atom. The summed E-state index contributed by atoms with van der Waals surface area (Å²) in [6.07, 6.45) is 0. The second kappa shape index (κ2) is 4.73. The molecule has 0 unspecified atom stereocenters. The summed E-state index contributed by atoms with van der Waals surface area (Å²) in [5.74, 6) is 5.44. The van der Waals surface area contributed by atoms with Crippen LogP contribution in [0, 0.1) is 6.92 Å². The molecule has 0 spiro atoms. The largest absolute Gasteiger partial charge is 0.451 e. The molecule has 0 radical (unpaired) electrons. The number of halogens is 1. The Kier molecular flexibility index (Phi) is 3.31. The van der Waals surface area contributed by atoms with Gasteiger partial charge in [0, 0.05) is 10.0 Å². The number of nitrogens with two attached hydrogens (primary N) is 1. The van der Waals surface area contributed by atoms with E-state index >= 15 is 0 Å². The van der Waals surface area contributed by atoms with E-state index in [2.05, 4.69) is 15.9 Å². The zero-order chi connectivity index (χ0) is 12.4. The molecule has 5 heteroatoms. The number of amides is 1. The molecule has 2 aromatic rings. The molecule has 0 saturated carbocycles. The molecule has 1 aromatic carbocycles. The highest BCUT2D eigenvalue weighted by molar-refractivity contribution is 9.10. The molecule has 1 amide bonds. The number of rotatable bonds is 2. The first kappa shape index (κ1) is 11.9. The summed E-state index contributed by atoms with van der Waals surface area (Å²) >= 11 is 3.40. The standard InChI is InChI=1S/C12H11BrN2O2/c1-7-6-8(13)2-3-9(7)10-4-5-11(17-10)12(16)15-14/h2-6H,14H2,1H3,(H,15,16). The molecule has 0 aliphatic carbocycles. The maximum absolute atomic E-state index is 11.3. The van der Waals surface area contributed by atoms with Gasteiger partial charge in [-0.1, -0.05) is 15.9 Å². The number of aryl methyl sites for hydroxylation is 1. The van der Waals surface area contributed by atoms with Crippen molar-refractivity contribution in [3.05, 3.63) is 46.1 Å². The Bertz CT molecular complexity index is 563. The molecule has 0 saturated heterocycles. The maximum atomic E-state index is 11.3. The monoisotopic (exact) mass is 294 g/mol. The molecule has 0 aliphatic rings. The third-order valence-corrected chi connectivity index (χ3v) is 2.91. The molecule has 1 aromatic heterocycles. The normalized spacial score (nSPS) is 10.3. The minimum absolute atomic E-state index is 0.199. The van der Waals surface area contributed by atoms with E-state index in [0.29, 0.717) is 5.76 Å². The van der Waals surface area contributed by atoms with E-state index in [9.17, 15) is 4.79 Å². The summed E-state index contributed by atoms with van der Waals surface area (Å²) in [5.41, 5.74) is 4.04. The van der Waals surface area contributed by atoms with Crippen LogP contribution in [0.15, 0.2) is 39.2 Å². The summed E-state index contributed by atoms with van der Waals surface area (Å²) in [6.45, 7) is 1.98. The molecule has 1 heterocycles. The molecular formula is C12H11BrN2O2. The third kappa shape index (κ3) is 2.40. The second-order valence-electron chi connectivity index (χ2n) is 3.60. The highest BCUT2D eigenvalue weighted by atomic mass is 79.9. The van der Waals surface area contributed by atoms with Crippen molar-refractivity contribution < 1.29 is 9.21 Å². The highest BCUT2D eigenvalue weighted by Crippen LogP contribution is 2.27. The van der Waals surface area contributed by atoms with Gasteiger partial charge in [0.15, 0.2) is 5.76 Å². The van der Waals surface area contributed by atoms with Gasteiger partial charge in [0.1, 0.15) is 5.76 Å². The number of carbonyl (C=O) groups is 1. The van der Waals surface area contributed by atoms with Crippen LogP contribution in [0.25, 0.3) is 11.3 Å².